The Bertz CT molecular complexity index is 797. The van der Waals surface area contributed by atoms with E-state index in [1.807, 2.05) is 31.2 Å². The predicted molar refractivity (Wildman–Crippen MR) is 91.7 cm³/mol. The standard InChI is InChI=1S/C18H22N4O3/c1-11-6-8-14(9-7-11)22-13(3)16(19-20-22)17(23)21-10-4-5-15(12(21)2)18(24)25/h6-9,12,15H,4-5,10H2,1-3H3,(H,24,25)/t12-,15-/m1/s1. The summed E-state index contributed by atoms with van der Waals surface area (Å²) in [6.45, 7) is 6.14. The van der Waals surface area contributed by atoms with Gasteiger partial charge in [0.1, 0.15) is 0 Å². The largest absolute Gasteiger partial charge is 0.481 e. The summed E-state index contributed by atoms with van der Waals surface area (Å²) >= 11 is 0. The van der Waals surface area contributed by atoms with Gasteiger partial charge in [0, 0.05) is 12.6 Å². The molecule has 0 saturated carbocycles. The molecule has 1 aliphatic heterocycles. The van der Waals surface area contributed by atoms with Gasteiger partial charge in [0.05, 0.1) is 17.3 Å². The van der Waals surface area contributed by atoms with Crippen LogP contribution >= 0.6 is 0 Å². The number of carbonyl (C=O) groups is 2. The highest BCUT2D eigenvalue weighted by Gasteiger charge is 2.37. The second kappa shape index (κ2) is 6.66. The third-order valence-corrected chi connectivity index (χ3v) is 4.94. The summed E-state index contributed by atoms with van der Waals surface area (Å²) < 4.78 is 1.63. The Morgan fingerprint density at radius 3 is 2.52 bits per heavy atom. The SMILES string of the molecule is Cc1ccc(-n2nnc(C(=O)N3CCC[C@@H](C(=O)O)[C@H]3C)c2C)cc1. The smallest absolute Gasteiger partial charge is 0.308 e. The molecule has 1 N–H and O–H groups in total. The minimum Gasteiger partial charge on any atom is -0.481 e. The van der Waals surface area contributed by atoms with Crippen molar-refractivity contribution in [2.75, 3.05) is 6.54 Å². The maximum Gasteiger partial charge on any atom is 0.308 e. The normalized spacial score (nSPS) is 20.5. The summed E-state index contributed by atoms with van der Waals surface area (Å²) in [6, 6.07) is 7.44. The number of hydrogen-bond donors (Lipinski definition) is 1. The van der Waals surface area contributed by atoms with E-state index in [1.165, 1.54) is 0 Å². The van der Waals surface area contributed by atoms with Crippen molar-refractivity contribution in [1.82, 2.24) is 19.9 Å². The molecule has 7 nitrogen and oxygen atoms in total. The summed E-state index contributed by atoms with van der Waals surface area (Å²) in [6.07, 6.45) is 1.27. The molecule has 1 amide bonds. The lowest BCUT2D eigenvalue weighted by Crippen LogP contribution is -2.49. The molecule has 25 heavy (non-hydrogen) atoms. The number of rotatable bonds is 3. The molecule has 1 saturated heterocycles. The van der Waals surface area contributed by atoms with Gasteiger partial charge in [0.15, 0.2) is 5.69 Å². The van der Waals surface area contributed by atoms with E-state index < -0.39 is 11.9 Å². The van der Waals surface area contributed by atoms with Crippen LogP contribution in [-0.2, 0) is 4.79 Å². The monoisotopic (exact) mass is 342 g/mol. The summed E-state index contributed by atoms with van der Waals surface area (Å²) in [5.74, 6) is -1.65. The number of carboxylic acid groups (broad SMARTS) is 1. The van der Waals surface area contributed by atoms with Crippen molar-refractivity contribution in [3.05, 3.63) is 41.2 Å². The Morgan fingerprint density at radius 1 is 1.20 bits per heavy atom. The number of carboxylic acids is 1. The van der Waals surface area contributed by atoms with Crippen LogP contribution in [0.25, 0.3) is 5.69 Å². The van der Waals surface area contributed by atoms with Gasteiger partial charge < -0.3 is 10.0 Å². The van der Waals surface area contributed by atoms with Crippen molar-refractivity contribution >= 4 is 11.9 Å². The van der Waals surface area contributed by atoms with Gasteiger partial charge in [-0.1, -0.05) is 22.9 Å². The molecule has 0 aliphatic carbocycles. The highest BCUT2D eigenvalue weighted by Crippen LogP contribution is 2.26. The number of aliphatic carboxylic acids is 1. The van der Waals surface area contributed by atoms with E-state index in [-0.39, 0.29) is 17.6 Å². The maximum absolute atomic E-state index is 12.9. The van der Waals surface area contributed by atoms with Gasteiger partial charge in [-0.25, -0.2) is 4.68 Å². The highest BCUT2D eigenvalue weighted by molar-refractivity contribution is 5.94. The highest BCUT2D eigenvalue weighted by atomic mass is 16.4. The van der Waals surface area contributed by atoms with Gasteiger partial charge >= 0.3 is 5.97 Å². The van der Waals surface area contributed by atoms with Gasteiger partial charge in [-0.3, -0.25) is 9.59 Å². The quantitative estimate of drug-likeness (QED) is 0.924. The molecule has 2 aromatic rings. The molecular weight excluding hydrogens is 320 g/mol. The van der Waals surface area contributed by atoms with Gasteiger partial charge in [-0.15, -0.1) is 5.10 Å². The Kier molecular flexibility index (Phi) is 4.57. The third kappa shape index (κ3) is 3.14. The number of amides is 1. The number of carbonyl (C=O) groups excluding carboxylic acids is 1. The molecular formula is C18H22N4O3. The van der Waals surface area contributed by atoms with Gasteiger partial charge in [0.25, 0.3) is 5.91 Å². The first-order valence-corrected chi connectivity index (χ1v) is 8.43. The molecule has 1 fully saturated rings. The fraction of sp³-hybridized carbons (Fsp3) is 0.444. The van der Waals surface area contributed by atoms with Crippen LogP contribution in [0.15, 0.2) is 24.3 Å². The van der Waals surface area contributed by atoms with E-state index >= 15 is 0 Å². The number of aromatic nitrogens is 3. The summed E-state index contributed by atoms with van der Waals surface area (Å²) in [5, 5.41) is 17.5. The lowest BCUT2D eigenvalue weighted by atomic mass is 9.90. The van der Waals surface area contributed by atoms with Crippen molar-refractivity contribution in [1.29, 1.82) is 0 Å². The molecule has 1 aliphatic rings. The Balaban J connectivity index is 1.88. The molecule has 1 aromatic carbocycles. The van der Waals surface area contributed by atoms with E-state index in [2.05, 4.69) is 10.3 Å². The zero-order valence-corrected chi connectivity index (χ0v) is 14.6. The number of benzene rings is 1. The van der Waals surface area contributed by atoms with Crippen LogP contribution in [0, 0.1) is 19.8 Å². The zero-order valence-electron chi connectivity index (χ0n) is 14.6. The van der Waals surface area contributed by atoms with Crippen LogP contribution in [0.2, 0.25) is 0 Å². The fourth-order valence-corrected chi connectivity index (χ4v) is 3.35. The molecule has 2 heterocycles. The number of likely N-dealkylation sites (tertiary alicyclic amines) is 1. The second-order valence-corrected chi connectivity index (χ2v) is 6.60. The minimum absolute atomic E-state index is 0.255. The first-order chi connectivity index (χ1) is 11.9. The summed E-state index contributed by atoms with van der Waals surface area (Å²) in [5.41, 5.74) is 2.90. The third-order valence-electron chi connectivity index (χ3n) is 4.94. The van der Waals surface area contributed by atoms with E-state index in [0.717, 1.165) is 11.3 Å². The maximum atomic E-state index is 12.9. The van der Waals surface area contributed by atoms with E-state index in [0.29, 0.717) is 25.1 Å². The van der Waals surface area contributed by atoms with Crippen LogP contribution in [0.4, 0.5) is 0 Å². The lowest BCUT2D eigenvalue weighted by molar-refractivity contribution is -0.144. The van der Waals surface area contributed by atoms with Crippen LogP contribution < -0.4 is 0 Å². The van der Waals surface area contributed by atoms with Crippen LogP contribution in [0.5, 0.6) is 0 Å². The van der Waals surface area contributed by atoms with Gasteiger partial charge in [-0.05, 0) is 45.7 Å². The van der Waals surface area contributed by atoms with Crippen LogP contribution in [0.3, 0.4) is 0 Å². The molecule has 2 atom stereocenters. The number of hydrogen-bond acceptors (Lipinski definition) is 4. The lowest BCUT2D eigenvalue weighted by Gasteiger charge is -2.37. The number of piperidine rings is 1. The van der Waals surface area contributed by atoms with Crippen molar-refractivity contribution in [2.45, 2.75) is 39.7 Å². The Labute approximate surface area is 146 Å². The first kappa shape index (κ1) is 17.1. The number of aryl methyl sites for hydroxylation is 1. The molecule has 0 spiro atoms. The van der Waals surface area contributed by atoms with E-state index in [1.54, 1.807) is 23.4 Å². The van der Waals surface area contributed by atoms with Crippen molar-refractivity contribution in [2.24, 2.45) is 5.92 Å². The molecule has 7 heteroatoms. The van der Waals surface area contributed by atoms with Gasteiger partial charge in [-0.2, -0.15) is 0 Å². The second-order valence-electron chi connectivity index (χ2n) is 6.60. The van der Waals surface area contributed by atoms with E-state index in [4.69, 9.17) is 0 Å². The average molecular weight is 342 g/mol. The zero-order chi connectivity index (χ0) is 18.1. The summed E-state index contributed by atoms with van der Waals surface area (Å²) in [7, 11) is 0. The van der Waals surface area contributed by atoms with Crippen molar-refractivity contribution < 1.29 is 14.7 Å². The molecule has 132 valence electrons. The Morgan fingerprint density at radius 2 is 1.88 bits per heavy atom. The van der Waals surface area contributed by atoms with Gasteiger partial charge in [0.2, 0.25) is 0 Å². The summed E-state index contributed by atoms with van der Waals surface area (Å²) in [4.78, 5) is 25.9. The topological polar surface area (TPSA) is 88.3 Å². The molecule has 0 unspecified atom stereocenters. The van der Waals surface area contributed by atoms with Crippen molar-refractivity contribution in [3.63, 3.8) is 0 Å². The number of nitrogens with zero attached hydrogens (tertiary/aromatic N) is 4. The first-order valence-electron chi connectivity index (χ1n) is 8.43. The molecule has 1 aromatic heterocycles. The molecule has 0 bridgehead atoms. The average Bonchev–Trinajstić information content (AvgIpc) is 2.96. The minimum atomic E-state index is -0.856. The molecule has 0 radical (unpaired) electrons. The molecule has 3 rings (SSSR count). The fourth-order valence-electron chi connectivity index (χ4n) is 3.35. The van der Waals surface area contributed by atoms with Crippen LogP contribution in [0.1, 0.15) is 41.5 Å². The van der Waals surface area contributed by atoms with E-state index in [9.17, 15) is 14.7 Å². The van der Waals surface area contributed by atoms with Crippen molar-refractivity contribution in [3.8, 4) is 5.69 Å². The predicted octanol–water partition coefficient (Wildman–Crippen LogP) is 2.21. The van der Waals surface area contributed by atoms with Crippen LogP contribution in [-0.4, -0.2) is 49.5 Å². The Hall–Kier alpha value is -2.70.